The summed E-state index contributed by atoms with van der Waals surface area (Å²) in [5, 5.41) is 19.6. The van der Waals surface area contributed by atoms with Gasteiger partial charge in [0.2, 0.25) is 11.8 Å². The van der Waals surface area contributed by atoms with Gasteiger partial charge < -0.3 is 5.11 Å². The molecular weight excluding hydrogens is 676 g/mol. The van der Waals surface area contributed by atoms with Crippen molar-refractivity contribution in [2.75, 3.05) is 4.90 Å². The number of benzene rings is 3. The topological polar surface area (TPSA) is 124 Å². The van der Waals surface area contributed by atoms with Crippen LogP contribution in [0.4, 0.5) is 5.82 Å². The van der Waals surface area contributed by atoms with Crippen molar-refractivity contribution in [2.45, 2.75) is 38.8 Å². The number of carbonyl (C=O) groups excluding carboxylic acids is 2. The Morgan fingerprint density at radius 1 is 0.980 bits per heavy atom. The molecule has 252 valence electrons. The first-order valence-electron chi connectivity index (χ1n) is 16.3. The van der Waals surface area contributed by atoms with Gasteiger partial charge in [0.1, 0.15) is 17.3 Å². The third kappa shape index (κ3) is 3.88. The molecule has 2 amide bonds. The van der Waals surface area contributed by atoms with Crippen molar-refractivity contribution >= 4 is 61.4 Å². The molecule has 13 heteroatoms. The molecule has 3 aromatic heterocycles. The molecule has 2 fully saturated rings. The molecule has 3 aliphatic rings. The average Bonchev–Trinajstić information content (AvgIpc) is 3.76. The van der Waals surface area contributed by atoms with E-state index in [0.29, 0.717) is 22.1 Å². The molecule has 2 aliphatic heterocycles. The summed E-state index contributed by atoms with van der Waals surface area (Å²) in [6.07, 6.45) is 2.01. The number of aryl methyl sites for hydroxylation is 2. The molecule has 0 spiro atoms. The number of thiophene rings is 1. The van der Waals surface area contributed by atoms with E-state index in [9.17, 15) is 19.5 Å². The van der Waals surface area contributed by atoms with E-state index < -0.39 is 46.5 Å². The third-order valence-corrected chi connectivity index (χ3v) is 12.7. The Bertz CT molecular complexity index is 2660. The fraction of sp³-hybridized carbons (Fsp3) is 0.270. The summed E-state index contributed by atoms with van der Waals surface area (Å²) in [6, 6.07) is 17.8. The van der Waals surface area contributed by atoms with Gasteiger partial charge in [-0.25, -0.2) is 28.4 Å². The Hall–Kier alpha value is -5.20. The number of phenols is 1. The Labute approximate surface area is 293 Å². The van der Waals surface area contributed by atoms with Gasteiger partial charge in [0.25, 0.3) is 0 Å². The quantitative estimate of drug-likeness (QED) is 0.188. The van der Waals surface area contributed by atoms with Gasteiger partial charge in [-0.05, 0) is 71.8 Å². The van der Waals surface area contributed by atoms with Crippen molar-refractivity contribution in [3.05, 3.63) is 109 Å². The smallest absolute Gasteiger partial charge is 0.347 e. The lowest BCUT2D eigenvalue weighted by Gasteiger charge is -2.47. The molecule has 11 nitrogen and oxygen atoms in total. The summed E-state index contributed by atoms with van der Waals surface area (Å²) >= 11 is 7.86. The Kier molecular flexibility index (Phi) is 6.42. The van der Waals surface area contributed by atoms with Crippen LogP contribution in [0.3, 0.4) is 0 Å². The Morgan fingerprint density at radius 3 is 2.56 bits per heavy atom. The van der Waals surface area contributed by atoms with E-state index in [0.717, 1.165) is 41.4 Å². The number of allylic oxidation sites excluding steroid dienone is 2. The number of nitrogens with zero attached hydrogens (tertiary/aromatic N) is 6. The molecule has 4 atom stereocenters. The minimum Gasteiger partial charge on any atom is -0.508 e. The predicted molar refractivity (Wildman–Crippen MR) is 192 cm³/mol. The van der Waals surface area contributed by atoms with E-state index in [2.05, 4.69) is 0 Å². The highest BCUT2D eigenvalue weighted by atomic mass is 35.5. The lowest BCUT2D eigenvalue weighted by Crippen LogP contribution is -2.49. The number of halogens is 1. The molecule has 3 aromatic carbocycles. The van der Waals surface area contributed by atoms with Crippen molar-refractivity contribution in [1.29, 1.82) is 0 Å². The van der Waals surface area contributed by atoms with Gasteiger partial charge in [0.05, 0.1) is 28.8 Å². The second-order valence-corrected chi connectivity index (χ2v) is 15.2. The molecule has 50 heavy (non-hydrogen) atoms. The SMILES string of the molecule is Cc1c(-c2cc(N3C(=O)C4CC5C(=CCn6c(=O)n(C)c(=O)n65)C(c5c(O)ccc6ccccc56)C4(C)C3=O)n(C)n2)sc2ccc(Cl)cc12. The molecule has 1 N–H and O–H groups in total. The summed E-state index contributed by atoms with van der Waals surface area (Å²) in [4.78, 5) is 58.7. The van der Waals surface area contributed by atoms with Gasteiger partial charge in [-0.2, -0.15) is 5.10 Å². The standard InChI is InChI=1S/C37H31ClN6O5S/c1-18-23-15-20(38)10-12-28(23)50-32(18)25-17-29(41(4)39-25)43-33(46)24-16-26-22(13-14-42-35(48)40(3)36(49)44(26)42)31(37(24,2)34(43)47)30-21-8-6-5-7-19(21)9-11-27(30)45/h5-13,15,17,24,26,31,45H,14,16H2,1-4H3. The van der Waals surface area contributed by atoms with Gasteiger partial charge >= 0.3 is 11.4 Å². The fourth-order valence-electron chi connectivity index (χ4n) is 8.72. The maximum atomic E-state index is 15.1. The first-order chi connectivity index (χ1) is 23.9. The molecule has 4 unspecified atom stereocenters. The van der Waals surface area contributed by atoms with Crippen LogP contribution in [0.5, 0.6) is 5.75 Å². The maximum Gasteiger partial charge on any atom is 0.347 e. The van der Waals surface area contributed by atoms with Gasteiger partial charge in [0, 0.05) is 41.4 Å². The van der Waals surface area contributed by atoms with E-state index in [-0.39, 0.29) is 18.7 Å². The van der Waals surface area contributed by atoms with Gasteiger partial charge in [0.15, 0.2) is 0 Å². The fourth-order valence-corrected chi connectivity index (χ4v) is 10.0. The summed E-state index contributed by atoms with van der Waals surface area (Å²) in [7, 11) is 3.14. The van der Waals surface area contributed by atoms with Crippen molar-refractivity contribution < 1.29 is 14.7 Å². The number of rotatable bonds is 3. The van der Waals surface area contributed by atoms with Gasteiger partial charge in [-0.15, -0.1) is 11.3 Å². The molecule has 9 rings (SSSR count). The number of phenolic OH excluding ortho intramolecular Hbond substituents is 1. The highest BCUT2D eigenvalue weighted by molar-refractivity contribution is 7.22. The highest BCUT2D eigenvalue weighted by Crippen LogP contribution is 2.63. The summed E-state index contributed by atoms with van der Waals surface area (Å²) in [6.45, 7) is 3.91. The number of aromatic hydroxyl groups is 1. The Balaban J connectivity index is 1.24. The van der Waals surface area contributed by atoms with Crippen LogP contribution in [-0.2, 0) is 30.2 Å². The number of aromatic nitrogens is 5. The Morgan fingerprint density at radius 2 is 1.76 bits per heavy atom. The zero-order valence-corrected chi connectivity index (χ0v) is 29.1. The monoisotopic (exact) mass is 706 g/mol. The third-order valence-electron chi connectivity index (χ3n) is 11.2. The van der Waals surface area contributed by atoms with Crippen molar-refractivity contribution in [1.82, 2.24) is 23.7 Å². The van der Waals surface area contributed by atoms with Crippen LogP contribution in [0.25, 0.3) is 31.4 Å². The first kappa shape index (κ1) is 30.8. The summed E-state index contributed by atoms with van der Waals surface area (Å²) in [5.41, 5.74) is 0.545. The highest BCUT2D eigenvalue weighted by Gasteiger charge is 2.66. The molecule has 5 heterocycles. The van der Waals surface area contributed by atoms with Crippen LogP contribution in [-0.4, -0.2) is 40.6 Å². The number of hydrogen-bond donors (Lipinski definition) is 1. The van der Waals surface area contributed by atoms with E-state index in [4.69, 9.17) is 16.7 Å². The number of anilines is 1. The number of imide groups is 1. The van der Waals surface area contributed by atoms with Gasteiger partial charge in [-0.3, -0.25) is 14.3 Å². The van der Waals surface area contributed by atoms with Crippen molar-refractivity contribution in [3.8, 4) is 16.3 Å². The van der Waals surface area contributed by atoms with Crippen LogP contribution in [0.15, 0.2) is 81.9 Å². The van der Waals surface area contributed by atoms with E-state index >= 15 is 4.79 Å². The zero-order valence-electron chi connectivity index (χ0n) is 27.5. The first-order valence-corrected chi connectivity index (χ1v) is 17.5. The predicted octanol–water partition coefficient (Wildman–Crippen LogP) is 5.65. The van der Waals surface area contributed by atoms with Crippen LogP contribution >= 0.6 is 22.9 Å². The number of hydrogen-bond acceptors (Lipinski definition) is 7. The largest absolute Gasteiger partial charge is 0.508 e. The van der Waals surface area contributed by atoms with Crippen LogP contribution in [0, 0.1) is 18.3 Å². The molecular formula is C37H31ClN6O5S. The summed E-state index contributed by atoms with van der Waals surface area (Å²) < 4.78 is 6.46. The van der Waals surface area contributed by atoms with Crippen molar-refractivity contribution in [3.63, 3.8) is 0 Å². The number of amides is 2. The maximum absolute atomic E-state index is 15.1. The summed E-state index contributed by atoms with van der Waals surface area (Å²) in [5.74, 6) is -2.20. The van der Waals surface area contributed by atoms with Crippen molar-refractivity contribution in [2.24, 2.45) is 25.4 Å². The second kappa shape index (κ2) is 10.4. The molecule has 0 radical (unpaired) electrons. The van der Waals surface area contributed by atoms with Crippen LogP contribution in [0.1, 0.15) is 36.4 Å². The van der Waals surface area contributed by atoms with Crippen LogP contribution < -0.4 is 16.3 Å². The minimum atomic E-state index is -1.35. The molecule has 1 saturated heterocycles. The zero-order chi connectivity index (χ0) is 35.0. The van der Waals surface area contributed by atoms with E-state index in [1.54, 1.807) is 42.1 Å². The molecule has 1 aliphatic carbocycles. The average molecular weight is 707 g/mol. The number of fused-ring (bicyclic) bond motifs is 6. The molecule has 6 aromatic rings. The number of carbonyl (C=O) groups is 2. The molecule has 0 bridgehead atoms. The minimum absolute atomic E-state index is 0.0135. The lowest BCUT2D eigenvalue weighted by atomic mass is 9.56. The van der Waals surface area contributed by atoms with Gasteiger partial charge in [-0.1, -0.05) is 48.0 Å². The van der Waals surface area contributed by atoms with E-state index in [1.165, 1.54) is 21.3 Å². The van der Waals surface area contributed by atoms with E-state index in [1.807, 2.05) is 61.5 Å². The molecule has 1 saturated carbocycles. The second-order valence-electron chi connectivity index (χ2n) is 13.7. The normalized spacial score (nSPS) is 23.0. The lowest BCUT2D eigenvalue weighted by molar-refractivity contribution is -0.129. The van der Waals surface area contributed by atoms with Crippen LogP contribution in [0.2, 0.25) is 5.02 Å².